The predicted octanol–water partition coefficient (Wildman–Crippen LogP) is 4.41. The molecule has 0 saturated heterocycles. The first-order valence-electron chi connectivity index (χ1n) is 6.25. The van der Waals surface area contributed by atoms with Gasteiger partial charge in [-0.25, -0.2) is 13.8 Å². The van der Waals surface area contributed by atoms with Gasteiger partial charge in [0.05, 0.1) is 15.9 Å². The SMILES string of the molecule is C/C(=N/Nc1nc2ccccc2s1)c1ccc(F)cc1F. The van der Waals surface area contributed by atoms with E-state index < -0.39 is 11.6 Å². The number of fused-ring (bicyclic) bond motifs is 1. The van der Waals surface area contributed by atoms with Gasteiger partial charge in [0.25, 0.3) is 0 Å². The van der Waals surface area contributed by atoms with Gasteiger partial charge in [-0.3, -0.25) is 5.43 Å². The zero-order chi connectivity index (χ0) is 14.8. The van der Waals surface area contributed by atoms with Crippen LogP contribution in [0.3, 0.4) is 0 Å². The molecule has 21 heavy (non-hydrogen) atoms. The van der Waals surface area contributed by atoms with Crippen molar-refractivity contribution in [2.24, 2.45) is 5.10 Å². The van der Waals surface area contributed by atoms with Crippen molar-refractivity contribution in [3.05, 3.63) is 59.7 Å². The number of aromatic nitrogens is 1. The van der Waals surface area contributed by atoms with Gasteiger partial charge in [-0.15, -0.1) is 0 Å². The van der Waals surface area contributed by atoms with Crippen LogP contribution < -0.4 is 5.43 Å². The third-order valence-electron chi connectivity index (χ3n) is 2.93. The van der Waals surface area contributed by atoms with Crippen molar-refractivity contribution in [2.45, 2.75) is 6.92 Å². The van der Waals surface area contributed by atoms with Crippen molar-refractivity contribution in [1.82, 2.24) is 4.98 Å². The molecule has 0 aliphatic carbocycles. The van der Waals surface area contributed by atoms with Gasteiger partial charge in [0.15, 0.2) is 0 Å². The van der Waals surface area contributed by atoms with Crippen LogP contribution in [-0.2, 0) is 0 Å². The molecular formula is C15H11F2N3S. The number of anilines is 1. The Labute approximate surface area is 124 Å². The molecule has 106 valence electrons. The minimum absolute atomic E-state index is 0.255. The summed E-state index contributed by atoms with van der Waals surface area (Å²) >= 11 is 1.46. The van der Waals surface area contributed by atoms with Crippen LogP contribution in [0.5, 0.6) is 0 Å². The fourth-order valence-corrected chi connectivity index (χ4v) is 2.70. The number of hydrogen-bond acceptors (Lipinski definition) is 4. The Bertz CT molecular complexity index is 794. The first-order chi connectivity index (χ1) is 10.1. The quantitative estimate of drug-likeness (QED) is 0.575. The van der Waals surface area contributed by atoms with Crippen LogP contribution in [0.4, 0.5) is 13.9 Å². The fourth-order valence-electron chi connectivity index (χ4n) is 1.89. The molecule has 0 aliphatic heterocycles. The third kappa shape index (κ3) is 2.90. The highest BCUT2D eigenvalue weighted by atomic mass is 32.1. The van der Waals surface area contributed by atoms with E-state index >= 15 is 0 Å². The third-order valence-corrected chi connectivity index (χ3v) is 3.88. The topological polar surface area (TPSA) is 37.3 Å². The molecule has 1 aromatic heterocycles. The Balaban J connectivity index is 1.84. The number of halogens is 2. The smallest absolute Gasteiger partial charge is 0.204 e. The Morgan fingerprint density at radius 1 is 1.19 bits per heavy atom. The molecule has 0 unspecified atom stereocenters. The number of para-hydroxylation sites is 1. The van der Waals surface area contributed by atoms with Gasteiger partial charge in [0.2, 0.25) is 5.13 Å². The van der Waals surface area contributed by atoms with Crippen LogP contribution in [0.25, 0.3) is 10.2 Å². The average molecular weight is 303 g/mol. The standard InChI is InChI=1S/C15H11F2N3S/c1-9(11-7-6-10(16)8-12(11)17)19-20-15-18-13-4-2-3-5-14(13)21-15/h2-8H,1H3,(H,18,20)/b19-9-. The van der Waals surface area contributed by atoms with Crippen LogP contribution in [0.15, 0.2) is 47.6 Å². The van der Waals surface area contributed by atoms with Gasteiger partial charge in [-0.2, -0.15) is 5.10 Å². The number of thiazole rings is 1. The summed E-state index contributed by atoms with van der Waals surface area (Å²) in [6.45, 7) is 1.65. The lowest BCUT2D eigenvalue weighted by Crippen LogP contribution is -2.02. The number of rotatable bonds is 3. The van der Waals surface area contributed by atoms with E-state index in [1.54, 1.807) is 6.92 Å². The van der Waals surface area contributed by atoms with E-state index in [1.165, 1.54) is 23.5 Å². The molecule has 0 aliphatic rings. The molecule has 0 radical (unpaired) electrons. The van der Waals surface area contributed by atoms with Crippen molar-refractivity contribution in [3.8, 4) is 0 Å². The fraction of sp³-hybridized carbons (Fsp3) is 0.0667. The van der Waals surface area contributed by atoms with Crippen molar-refractivity contribution in [2.75, 3.05) is 5.43 Å². The van der Waals surface area contributed by atoms with Crippen molar-refractivity contribution in [3.63, 3.8) is 0 Å². The number of benzene rings is 2. The summed E-state index contributed by atoms with van der Waals surface area (Å²) in [6, 6.07) is 11.1. The number of nitrogens with zero attached hydrogens (tertiary/aromatic N) is 2. The van der Waals surface area contributed by atoms with E-state index in [2.05, 4.69) is 15.5 Å². The lowest BCUT2D eigenvalue weighted by molar-refractivity contribution is 0.581. The molecular weight excluding hydrogens is 292 g/mol. The number of hydrogen-bond donors (Lipinski definition) is 1. The van der Waals surface area contributed by atoms with Crippen LogP contribution in [-0.4, -0.2) is 10.7 Å². The summed E-state index contributed by atoms with van der Waals surface area (Å²) in [6.07, 6.45) is 0. The van der Waals surface area contributed by atoms with Crippen molar-refractivity contribution in [1.29, 1.82) is 0 Å². The first kappa shape index (κ1) is 13.6. The maximum Gasteiger partial charge on any atom is 0.204 e. The number of hydrazone groups is 1. The highest BCUT2D eigenvalue weighted by molar-refractivity contribution is 7.22. The predicted molar refractivity (Wildman–Crippen MR) is 81.8 cm³/mol. The van der Waals surface area contributed by atoms with E-state index in [-0.39, 0.29) is 5.56 Å². The van der Waals surface area contributed by atoms with Crippen molar-refractivity contribution < 1.29 is 8.78 Å². The van der Waals surface area contributed by atoms with E-state index in [4.69, 9.17) is 0 Å². The minimum Gasteiger partial charge on any atom is -0.252 e. The van der Waals surface area contributed by atoms with E-state index in [9.17, 15) is 8.78 Å². The van der Waals surface area contributed by atoms with Crippen molar-refractivity contribution >= 4 is 32.4 Å². The van der Waals surface area contributed by atoms with Gasteiger partial charge in [0.1, 0.15) is 11.6 Å². The zero-order valence-corrected chi connectivity index (χ0v) is 11.9. The highest BCUT2D eigenvalue weighted by Crippen LogP contribution is 2.25. The maximum atomic E-state index is 13.6. The lowest BCUT2D eigenvalue weighted by Gasteiger charge is -2.02. The molecule has 1 heterocycles. The summed E-state index contributed by atoms with van der Waals surface area (Å²) < 4.78 is 27.6. The molecule has 0 fully saturated rings. The molecule has 0 atom stereocenters. The molecule has 3 aromatic rings. The van der Waals surface area contributed by atoms with E-state index in [0.717, 1.165) is 16.3 Å². The minimum atomic E-state index is -0.637. The Hall–Kier alpha value is -2.34. The van der Waals surface area contributed by atoms with Crippen LogP contribution in [0.2, 0.25) is 0 Å². The van der Waals surface area contributed by atoms with Gasteiger partial charge >= 0.3 is 0 Å². The molecule has 3 rings (SSSR count). The Kier molecular flexibility index (Phi) is 3.62. The molecule has 0 saturated carbocycles. The summed E-state index contributed by atoms with van der Waals surface area (Å²) in [5.74, 6) is -1.24. The largest absolute Gasteiger partial charge is 0.252 e. The Morgan fingerprint density at radius 2 is 2.00 bits per heavy atom. The summed E-state index contributed by atoms with van der Waals surface area (Å²) in [5.41, 5.74) is 4.37. The molecule has 2 aromatic carbocycles. The molecule has 3 nitrogen and oxygen atoms in total. The lowest BCUT2D eigenvalue weighted by atomic mass is 10.1. The number of nitrogens with one attached hydrogen (secondary N) is 1. The monoisotopic (exact) mass is 303 g/mol. The second kappa shape index (κ2) is 5.57. The van der Waals surface area contributed by atoms with Crippen LogP contribution in [0, 0.1) is 11.6 Å². The summed E-state index contributed by atoms with van der Waals surface area (Å²) in [7, 11) is 0. The van der Waals surface area contributed by atoms with Crippen LogP contribution >= 0.6 is 11.3 Å². The average Bonchev–Trinajstić information content (AvgIpc) is 2.87. The molecule has 0 amide bonds. The second-order valence-electron chi connectivity index (χ2n) is 4.42. The zero-order valence-electron chi connectivity index (χ0n) is 11.1. The Morgan fingerprint density at radius 3 is 2.76 bits per heavy atom. The summed E-state index contributed by atoms with van der Waals surface area (Å²) in [4.78, 5) is 4.36. The van der Waals surface area contributed by atoms with Gasteiger partial charge in [0, 0.05) is 11.6 Å². The van der Waals surface area contributed by atoms with Gasteiger partial charge < -0.3 is 0 Å². The molecule has 0 spiro atoms. The summed E-state index contributed by atoms with van der Waals surface area (Å²) in [5, 5.41) is 4.73. The molecule has 6 heteroatoms. The molecule has 1 N–H and O–H groups in total. The first-order valence-corrected chi connectivity index (χ1v) is 7.06. The van der Waals surface area contributed by atoms with Crippen LogP contribution in [0.1, 0.15) is 12.5 Å². The maximum absolute atomic E-state index is 13.6. The van der Waals surface area contributed by atoms with Gasteiger partial charge in [-0.05, 0) is 31.2 Å². The van der Waals surface area contributed by atoms with E-state index in [1.807, 2.05) is 24.3 Å². The molecule has 0 bridgehead atoms. The second-order valence-corrected chi connectivity index (χ2v) is 5.45. The van der Waals surface area contributed by atoms with Gasteiger partial charge in [-0.1, -0.05) is 23.5 Å². The normalized spacial score (nSPS) is 11.9. The van der Waals surface area contributed by atoms with E-state index in [0.29, 0.717) is 10.8 Å². The highest BCUT2D eigenvalue weighted by Gasteiger charge is 2.07.